The molecule has 1 saturated heterocycles. The van der Waals surface area contributed by atoms with Crippen LogP contribution < -0.4 is 0 Å². The molecule has 288 valence electrons. The number of likely N-dealkylation sites (N-methyl/N-ethyl adjacent to an activating group) is 1. The summed E-state index contributed by atoms with van der Waals surface area (Å²) in [6.07, 6.45) is 14.0. The van der Waals surface area contributed by atoms with Crippen molar-refractivity contribution in [1.29, 1.82) is 0 Å². The highest BCUT2D eigenvalue weighted by Crippen LogP contribution is 2.78. The lowest BCUT2D eigenvalue weighted by molar-refractivity contribution is -0.250. The van der Waals surface area contributed by atoms with Crippen LogP contribution in [-0.2, 0) is 19.1 Å². The van der Waals surface area contributed by atoms with Crippen LogP contribution in [0, 0.1) is 62.1 Å². The van der Waals surface area contributed by atoms with E-state index in [-0.39, 0.29) is 45.6 Å². The number of hydrogen-bond acceptors (Lipinski definition) is 5. The standard InChI is InChI=1S/C44H72N2O5/c1-28(2)30-16-21-44(25-35(47)46-24-12-13-29(46)27-45(10)11)23-22-42(8)31(37(30)44)14-15-33-41(7)19-18-34(51-36(48)26-39(3,4)38(49)50)40(5,6)32(41)17-20-43(33,42)9/h29-34,37H,1,12-27H2,2-11H3,(H,49,50)/t29-,30-,31+,32-,33+,34-,37+,41-,42+,43+,44+/m0/s1. The normalized spacial score (nSPS) is 43.1. The zero-order chi connectivity index (χ0) is 37.5. The van der Waals surface area contributed by atoms with Gasteiger partial charge >= 0.3 is 11.9 Å². The Bertz CT molecular complexity index is 1400. The van der Waals surface area contributed by atoms with Crippen LogP contribution in [0.3, 0.4) is 0 Å². The summed E-state index contributed by atoms with van der Waals surface area (Å²) in [4.78, 5) is 43.7. The van der Waals surface area contributed by atoms with E-state index in [1.54, 1.807) is 13.8 Å². The van der Waals surface area contributed by atoms with Crippen molar-refractivity contribution in [2.24, 2.45) is 62.1 Å². The van der Waals surface area contributed by atoms with E-state index >= 15 is 0 Å². The van der Waals surface area contributed by atoms with E-state index in [1.165, 1.54) is 37.7 Å². The maximum atomic E-state index is 14.3. The third kappa shape index (κ3) is 6.14. The van der Waals surface area contributed by atoms with E-state index in [9.17, 15) is 19.5 Å². The second-order valence-corrected chi connectivity index (χ2v) is 21.1. The molecule has 11 atom stereocenters. The molecule has 0 spiro atoms. The van der Waals surface area contributed by atoms with Gasteiger partial charge in [0.15, 0.2) is 0 Å². The maximum absolute atomic E-state index is 14.3. The van der Waals surface area contributed by atoms with Gasteiger partial charge in [-0.15, -0.1) is 0 Å². The average molecular weight is 709 g/mol. The molecule has 0 radical (unpaired) electrons. The van der Waals surface area contributed by atoms with E-state index < -0.39 is 11.4 Å². The molecule has 6 aliphatic rings. The Morgan fingerprint density at radius 3 is 2.24 bits per heavy atom. The average Bonchev–Trinajstić information content (AvgIpc) is 3.63. The Morgan fingerprint density at radius 2 is 1.59 bits per heavy atom. The molecule has 0 aromatic carbocycles. The van der Waals surface area contributed by atoms with Crippen molar-refractivity contribution < 1.29 is 24.2 Å². The topological polar surface area (TPSA) is 87.2 Å². The number of carboxylic acids is 1. The zero-order valence-corrected chi connectivity index (χ0v) is 34.0. The smallest absolute Gasteiger partial charge is 0.309 e. The van der Waals surface area contributed by atoms with E-state index in [0.717, 1.165) is 64.5 Å². The molecule has 0 bridgehead atoms. The van der Waals surface area contributed by atoms with Gasteiger partial charge in [-0.3, -0.25) is 14.4 Å². The van der Waals surface area contributed by atoms with Crippen molar-refractivity contribution in [3.05, 3.63) is 12.2 Å². The molecule has 6 fully saturated rings. The summed E-state index contributed by atoms with van der Waals surface area (Å²) in [6, 6.07) is 0.347. The predicted molar refractivity (Wildman–Crippen MR) is 203 cm³/mol. The first-order valence-corrected chi connectivity index (χ1v) is 20.7. The number of esters is 1. The second-order valence-electron chi connectivity index (χ2n) is 21.1. The number of carbonyl (C=O) groups is 3. The Labute approximate surface area is 310 Å². The Hall–Kier alpha value is -1.89. The lowest BCUT2D eigenvalue weighted by Gasteiger charge is -2.73. The maximum Gasteiger partial charge on any atom is 0.309 e. The number of carboxylic acid groups (broad SMARTS) is 1. The van der Waals surface area contributed by atoms with E-state index in [1.807, 2.05) is 0 Å². The van der Waals surface area contributed by atoms with Gasteiger partial charge in [0.05, 0.1) is 11.8 Å². The van der Waals surface area contributed by atoms with E-state index in [2.05, 4.69) is 72.0 Å². The molecule has 0 unspecified atom stereocenters. The van der Waals surface area contributed by atoms with Gasteiger partial charge in [-0.25, -0.2) is 0 Å². The van der Waals surface area contributed by atoms with Crippen molar-refractivity contribution in [2.75, 3.05) is 27.2 Å². The van der Waals surface area contributed by atoms with Crippen LogP contribution in [0.4, 0.5) is 0 Å². The van der Waals surface area contributed by atoms with Crippen LogP contribution in [0.2, 0.25) is 0 Å². The molecule has 0 aromatic rings. The number of rotatable bonds is 9. The van der Waals surface area contributed by atoms with Crippen LogP contribution >= 0.6 is 0 Å². The summed E-state index contributed by atoms with van der Waals surface area (Å²) in [6.45, 7) is 24.5. The van der Waals surface area contributed by atoms with Crippen LogP contribution in [0.5, 0.6) is 0 Å². The number of hydrogen-bond donors (Lipinski definition) is 1. The van der Waals surface area contributed by atoms with Gasteiger partial charge in [0.25, 0.3) is 0 Å². The minimum absolute atomic E-state index is 0.0829. The summed E-state index contributed by atoms with van der Waals surface area (Å²) in [5.41, 5.74) is 0.648. The SMILES string of the molecule is C=C(C)[C@@H]1CC[C@]2(CC(=O)N3CCC[C@H]3CN(C)C)CC[C@]3(C)[C@H](CC[C@@H]4[C@@]5(C)CC[C@H](OC(=O)CC(C)(C)C(=O)O)C(C)(C)[C@@H]5CC[C@]43C)[C@@H]12. The number of carbonyl (C=O) groups excluding carboxylic acids is 2. The molecule has 5 aliphatic carbocycles. The van der Waals surface area contributed by atoms with E-state index in [4.69, 9.17) is 4.74 Å². The second kappa shape index (κ2) is 13.1. The highest BCUT2D eigenvalue weighted by atomic mass is 16.5. The summed E-state index contributed by atoms with van der Waals surface area (Å²) in [5, 5.41) is 9.62. The summed E-state index contributed by atoms with van der Waals surface area (Å²) in [5.74, 6) is 1.72. The van der Waals surface area contributed by atoms with Gasteiger partial charge in [0.1, 0.15) is 6.10 Å². The van der Waals surface area contributed by atoms with Gasteiger partial charge in [-0.2, -0.15) is 0 Å². The third-order valence-electron chi connectivity index (χ3n) is 17.4. The Morgan fingerprint density at radius 1 is 0.882 bits per heavy atom. The number of nitrogens with zero attached hydrogens (tertiary/aromatic N) is 2. The molecule has 1 heterocycles. The van der Waals surface area contributed by atoms with Gasteiger partial charge in [0, 0.05) is 31.0 Å². The minimum Gasteiger partial charge on any atom is -0.481 e. The van der Waals surface area contributed by atoms with Crippen molar-refractivity contribution in [2.45, 2.75) is 157 Å². The molecule has 7 nitrogen and oxygen atoms in total. The number of ether oxygens (including phenoxy) is 1. The summed E-state index contributed by atoms with van der Waals surface area (Å²) in [7, 11) is 4.26. The first-order valence-electron chi connectivity index (χ1n) is 20.7. The molecule has 0 aromatic heterocycles. The molecule has 5 saturated carbocycles. The molecule has 1 N–H and O–H groups in total. The van der Waals surface area contributed by atoms with Crippen molar-refractivity contribution >= 4 is 17.8 Å². The lowest BCUT2D eigenvalue weighted by Crippen LogP contribution is -2.67. The van der Waals surface area contributed by atoms with Gasteiger partial charge in [-0.05, 0) is 163 Å². The predicted octanol–water partition coefficient (Wildman–Crippen LogP) is 9.00. The number of aliphatic carboxylic acids is 1. The van der Waals surface area contributed by atoms with Crippen molar-refractivity contribution in [1.82, 2.24) is 9.80 Å². The lowest BCUT2D eigenvalue weighted by atomic mass is 9.32. The molecule has 6 rings (SSSR count). The fourth-order valence-electron chi connectivity index (χ4n) is 14.6. The molecular formula is C44H72N2O5. The summed E-state index contributed by atoms with van der Waals surface area (Å²) < 4.78 is 6.20. The largest absolute Gasteiger partial charge is 0.481 e. The molecular weight excluding hydrogens is 636 g/mol. The minimum atomic E-state index is -1.14. The number of amides is 1. The summed E-state index contributed by atoms with van der Waals surface area (Å²) >= 11 is 0. The van der Waals surface area contributed by atoms with Crippen LogP contribution in [0.15, 0.2) is 12.2 Å². The van der Waals surface area contributed by atoms with Crippen LogP contribution in [0.25, 0.3) is 0 Å². The third-order valence-corrected chi connectivity index (χ3v) is 17.4. The molecule has 7 heteroatoms. The molecule has 51 heavy (non-hydrogen) atoms. The Balaban J connectivity index is 1.24. The molecule has 1 amide bonds. The Kier molecular flexibility index (Phi) is 10.0. The zero-order valence-electron chi connectivity index (χ0n) is 34.0. The first-order chi connectivity index (χ1) is 23.6. The van der Waals surface area contributed by atoms with E-state index in [0.29, 0.717) is 41.5 Å². The van der Waals surface area contributed by atoms with Gasteiger partial charge < -0.3 is 19.6 Å². The van der Waals surface area contributed by atoms with Gasteiger partial charge in [0.2, 0.25) is 5.91 Å². The number of likely N-dealkylation sites (tertiary alicyclic amines) is 1. The first kappa shape index (κ1) is 38.8. The number of fused-ring (bicyclic) bond motifs is 7. The van der Waals surface area contributed by atoms with Gasteiger partial charge in [-0.1, -0.05) is 46.8 Å². The highest BCUT2D eigenvalue weighted by molar-refractivity contribution is 5.81. The monoisotopic (exact) mass is 709 g/mol. The van der Waals surface area contributed by atoms with Crippen molar-refractivity contribution in [3.63, 3.8) is 0 Å². The number of allylic oxidation sites excluding steroid dienone is 1. The highest BCUT2D eigenvalue weighted by Gasteiger charge is 2.71. The quantitative estimate of drug-likeness (QED) is 0.190. The molecule has 1 aliphatic heterocycles. The fourth-order valence-corrected chi connectivity index (χ4v) is 14.6. The van der Waals surface area contributed by atoms with Crippen LogP contribution in [-0.4, -0.2) is 72.1 Å². The van der Waals surface area contributed by atoms with Crippen LogP contribution in [0.1, 0.15) is 145 Å². The fraction of sp³-hybridized carbons (Fsp3) is 0.886. The van der Waals surface area contributed by atoms with Crippen molar-refractivity contribution in [3.8, 4) is 0 Å².